The van der Waals surface area contributed by atoms with Crippen molar-refractivity contribution < 1.29 is 18.0 Å². The summed E-state index contributed by atoms with van der Waals surface area (Å²) in [6, 6.07) is 10.2. The molecule has 0 saturated heterocycles. The molecule has 4 aromatic rings. The molecule has 0 bridgehead atoms. The van der Waals surface area contributed by atoms with Gasteiger partial charge in [-0.25, -0.2) is 18.4 Å². The van der Waals surface area contributed by atoms with Gasteiger partial charge in [0.1, 0.15) is 12.2 Å². The van der Waals surface area contributed by atoms with E-state index in [1.54, 1.807) is 19.1 Å². The molecule has 1 amide bonds. The van der Waals surface area contributed by atoms with Crippen molar-refractivity contribution in [3.63, 3.8) is 0 Å². The molecular formula is C22H20F2N4O2. The number of furan rings is 1. The van der Waals surface area contributed by atoms with Crippen molar-refractivity contribution >= 4 is 22.6 Å². The predicted molar refractivity (Wildman–Crippen MR) is 109 cm³/mol. The van der Waals surface area contributed by atoms with Crippen LogP contribution >= 0.6 is 0 Å². The SMILES string of the molecule is Cc1cccc(NC(=O)Cn2nc(C)c3c(C(F)F)cc(-c4ccco4)nc32)c1C. The second-order valence-corrected chi connectivity index (χ2v) is 7.11. The van der Waals surface area contributed by atoms with E-state index in [-0.39, 0.29) is 34.7 Å². The molecule has 0 atom stereocenters. The van der Waals surface area contributed by atoms with Gasteiger partial charge in [0, 0.05) is 11.3 Å². The zero-order chi connectivity index (χ0) is 21.4. The van der Waals surface area contributed by atoms with Crippen LogP contribution in [0.3, 0.4) is 0 Å². The number of nitrogens with zero attached hydrogens (tertiary/aromatic N) is 3. The summed E-state index contributed by atoms with van der Waals surface area (Å²) in [5.41, 5.74) is 3.39. The highest BCUT2D eigenvalue weighted by Gasteiger charge is 2.22. The number of pyridine rings is 1. The summed E-state index contributed by atoms with van der Waals surface area (Å²) in [4.78, 5) is 17.1. The standard InChI is InChI=1S/C22H20F2N4O2/c1-12-6-4-7-16(13(12)2)25-19(29)11-28-22-20(14(3)27-28)15(21(23)24)10-17(26-22)18-8-5-9-30-18/h4-10,21H,11H2,1-3H3,(H,25,29). The molecule has 154 valence electrons. The third-order valence-corrected chi connectivity index (χ3v) is 5.09. The highest BCUT2D eigenvalue weighted by Crippen LogP contribution is 2.33. The van der Waals surface area contributed by atoms with Crippen LogP contribution in [-0.2, 0) is 11.3 Å². The second kappa shape index (κ2) is 7.70. The molecule has 0 unspecified atom stereocenters. The number of aryl methyl sites for hydroxylation is 2. The summed E-state index contributed by atoms with van der Waals surface area (Å²) in [5, 5.41) is 7.41. The smallest absolute Gasteiger partial charge is 0.264 e. The highest BCUT2D eigenvalue weighted by atomic mass is 19.3. The van der Waals surface area contributed by atoms with E-state index in [4.69, 9.17) is 4.42 Å². The lowest BCUT2D eigenvalue weighted by molar-refractivity contribution is -0.116. The first-order chi connectivity index (χ1) is 14.3. The van der Waals surface area contributed by atoms with Crippen LogP contribution < -0.4 is 5.32 Å². The van der Waals surface area contributed by atoms with Gasteiger partial charge in [0.05, 0.1) is 17.3 Å². The Kier molecular flexibility index (Phi) is 5.07. The largest absolute Gasteiger partial charge is 0.463 e. The van der Waals surface area contributed by atoms with Gasteiger partial charge in [0.25, 0.3) is 6.43 Å². The Labute approximate surface area is 171 Å². The molecule has 0 aliphatic heterocycles. The van der Waals surface area contributed by atoms with Crippen molar-refractivity contribution in [1.82, 2.24) is 14.8 Å². The van der Waals surface area contributed by atoms with Crippen molar-refractivity contribution in [3.8, 4) is 11.5 Å². The van der Waals surface area contributed by atoms with E-state index >= 15 is 0 Å². The molecule has 3 heterocycles. The first-order valence-electron chi connectivity index (χ1n) is 9.41. The van der Waals surface area contributed by atoms with Crippen molar-refractivity contribution in [2.75, 3.05) is 5.32 Å². The van der Waals surface area contributed by atoms with E-state index in [9.17, 15) is 13.6 Å². The van der Waals surface area contributed by atoms with Crippen LogP contribution in [0.1, 0.15) is 28.8 Å². The highest BCUT2D eigenvalue weighted by molar-refractivity contribution is 5.93. The number of hydrogen-bond donors (Lipinski definition) is 1. The number of aromatic nitrogens is 3. The number of halogens is 2. The first-order valence-corrected chi connectivity index (χ1v) is 9.41. The number of hydrogen-bond acceptors (Lipinski definition) is 4. The van der Waals surface area contributed by atoms with Crippen LogP contribution in [-0.4, -0.2) is 20.7 Å². The van der Waals surface area contributed by atoms with Gasteiger partial charge in [-0.1, -0.05) is 12.1 Å². The predicted octanol–water partition coefficient (Wildman–Crippen LogP) is 5.19. The number of amides is 1. The zero-order valence-corrected chi connectivity index (χ0v) is 16.7. The molecule has 3 aromatic heterocycles. The van der Waals surface area contributed by atoms with Crippen molar-refractivity contribution in [3.05, 3.63) is 65.0 Å². The second-order valence-electron chi connectivity index (χ2n) is 7.11. The number of nitrogens with one attached hydrogen (secondary N) is 1. The van der Waals surface area contributed by atoms with Crippen LogP contribution in [0, 0.1) is 20.8 Å². The van der Waals surface area contributed by atoms with Crippen LogP contribution in [0.5, 0.6) is 0 Å². The van der Waals surface area contributed by atoms with Gasteiger partial charge in [-0.3, -0.25) is 4.79 Å². The molecule has 6 nitrogen and oxygen atoms in total. The number of alkyl halides is 2. The maximum absolute atomic E-state index is 13.8. The first kappa shape index (κ1) is 19.8. The van der Waals surface area contributed by atoms with Crippen molar-refractivity contribution in [2.45, 2.75) is 33.7 Å². The Balaban J connectivity index is 1.74. The number of anilines is 1. The number of carbonyl (C=O) groups is 1. The Bertz CT molecular complexity index is 1230. The fourth-order valence-corrected chi connectivity index (χ4v) is 3.43. The van der Waals surface area contributed by atoms with E-state index in [1.165, 1.54) is 17.0 Å². The molecular weight excluding hydrogens is 390 g/mol. The minimum atomic E-state index is -2.72. The molecule has 1 N–H and O–H groups in total. The Morgan fingerprint density at radius 1 is 1.20 bits per heavy atom. The average Bonchev–Trinajstić information content (AvgIpc) is 3.34. The van der Waals surface area contributed by atoms with Gasteiger partial charge in [-0.15, -0.1) is 0 Å². The maximum Gasteiger partial charge on any atom is 0.264 e. The third-order valence-electron chi connectivity index (χ3n) is 5.09. The van der Waals surface area contributed by atoms with Crippen molar-refractivity contribution in [1.29, 1.82) is 0 Å². The van der Waals surface area contributed by atoms with Crippen LogP contribution in [0.2, 0.25) is 0 Å². The fraction of sp³-hybridized carbons (Fsp3) is 0.227. The Morgan fingerprint density at radius 2 is 2.00 bits per heavy atom. The van der Waals surface area contributed by atoms with Crippen LogP contribution in [0.25, 0.3) is 22.5 Å². The normalized spacial score (nSPS) is 11.4. The summed E-state index contributed by atoms with van der Waals surface area (Å²) < 4.78 is 34.2. The number of carbonyl (C=O) groups excluding carboxylic acids is 1. The molecule has 4 rings (SSSR count). The lowest BCUT2D eigenvalue weighted by Crippen LogP contribution is -2.20. The molecule has 1 aromatic carbocycles. The van der Waals surface area contributed by atoms with E-state index in [1.807, 2.05) is 32.0 Å². The molecule has 30 heavy (non-hydrogen) atoms. The zero-order valence-electron chi connectivity index (χ0n) is 16.7. The van der Waals surface area contributed by atoms with Gasteiger partial charge < -0.3 is 9.73 Å². The lowest BCUT2D eigenvalue weighted by Gasteiger charge is -2.11. The molecule has 8 heteroatoms. The van der Waals surface area contributed by atoms with Gasteiger partial charge in [0.2, 0.25) is 5.91 Å². The minimum absolute atomic E-state index is 0.158. The Hall–Kier alpha value is -3.55. The summed E-state index contributed by atoms with van der Waals surface area (Å²) in [6.45, 7) is 5.35. The number of fused-ring (bicyclic) bond motifs is 1. The number of benzene rings is 1. The van der Waals surface area contributed by atoms with Gasteiger partial charge in [-0.2, -0.15) is 5.10 Å². The molecule has 0 aliphatic rings. The van der Waals surface area contributed by atoms with E-state index < -0.39 is 6.43 Å². The van der Waals surface area contributed by atoms with Gasteiger partial charge >= 0.3 is 0 Å². The van der Waals surface area contributed by atoms with Gasteiger partial charge in [-0.05, 0) is 56.2 Å². The van der Waals surface area contributed by atoms with Crippen LogP contribution in [0.4, 0.5) is 14.5 Å². The third kappa shape index (κ3) is 3.56. The number of rotatable bonds is 5. The maximum atomic E-state index is 13.8. The van der Waals surface area contributed by atoms with Crippen molar-refractivity contribution in [2.24, 2.45) is 0 Å². The topological polar surface area (TPSA) is 73.0 Å². The molecule has 0 fully saturated rings. The van der Waals surface area contributed by atoms with E-state index in [0.717, 1.165) is 11.1 Å². The monoisotopic (exact) mass is 410 g/mol. The lowest BCUT2D eigenvalue weighted by atomic mass is 10.1. The molecule has 0 spiro atoms. The van der Waals surface area contributed by atoms with E-state index in [2.05, 4.69) is 15.4 Å². The summed E-state index contributed by atoms with van der Waals surface area (Å²) in [7, 11) is 0. The van der Waals surface area contributed by atoms with Crippen LogP contribution in [0.15, 0.2) is 47.1 Å². The molecule has 0 radical (unpaired) electrons. The Morgan fingerprint density at radius 3 is 2.70 bits per heavy atom. The molecule has 0 aliphatic carbocycles. The quantitative estimate of drug-likeness (QED) is 0.491. The summed E-state index contributed by atoms with van der Waals surface area (Å²) >= 11 is 0. The van der Waals surface area contributed by atoms with Gasteiger partial charge in [0.15, 0.2) is 11.4 Å². The van der Waals surface area contributed by atoms with E-state index in [0.29, 0.717) is 17.1 Å². The average molecular weight is 410 g/mol. The summed E-state index contributed by atoms with van der Waals surface area (Å²) in [6.07, 6.45) is -1.27. The molecule has 0 saturated carbocycles. The minimum Gasteiger partial charge on any atom is -0.463 e. The fourth-order valence-electron chi connectivity index (χ4n) is 3.43. The summed E-state index contributed by atoms with van der Waals surface area (Å²) in [5.74, 6) is 0.0425.